The topological polar surface area (TPSA) is 114 Å². The van der Waals surface area contributed by atoms with Crippen molar-refractivity contribution in [3.63, 3.8) is 0 Å². The number of hydrogen-bond acceptors (Lipinski definition) is 7. The molecule has 0 saturated carbocycles. The number of ether oxygens (including phenoxy) is 2. The van der Waals surface area contributed by atoms with Crippen LogP contribution in [0.2, 0.25) is 0 Å². The van der Waals surface area contributed by atoms with Crippen molar-refractivity contribution in [2.75, 3.05) is 26.8 Å². The van der Waals surface area contributed by atoms with Crippen molar-refractivity contribution in [2.24, 2.45) is 0 Å². The van der Waals surface area contributed by atoms with Crippen molar-refractivity contribution in [3.05, 3.63) is 54.1 Å². The maximum absolute atomic E-state index is 13.0. The number of nitrogens with zero attached hydrogens (tertiary/aromatic N) is 1. The number of esters is 2. The maximum atomic E-state index is 13.0. The predicted octanol–water partition coefficient (Wildman–Crippen LogP) is 6.10. The smallest absolute Gasteiger partial charge is 0.329 e. The first-order chi connectivity index (χ1) is 20.5. The number of benzene rings is 2. The Morgan fingerprint density at radius 3 is 1.75 bits per heavy atom. The number of alkyl halides is 2. The Labute approximate surface area is 288 Å². The standard InChI is InChI=1S/C33H45I2N3O6/c1-22(29(40)37-27(31(42)44-33(5,6)7)16-17-28(39)43-32(2,3)4)36-30(41)25-10-8-23(9-11-25)24-12-14-26(15-13-24)38(20-18-34)21-19-35/h8-15,22,27H,16-21H2,1-7H3,(H,36,41)(H,37,40)/t22-,27-/m0/s1. The van der Waals surface area contributed by atoms with Crippen LogP contribution in [0.1, 0.15) is 71.7 Å². The highest BCUT2D eigenvalue weighted by molar-refractivity contribution is 14.1. The van der Waals surface area contributed by atoms with E-state index in [1.807, 2.05) is 12.1 Å². The zero-order chi connectivity index (χ0) is 33.1. The first kappa shape index (κ1) is 37.8. The van der Waals surface area contributed by atoms with E-state index in [9.17, 15) is 19.2 Å². The summed E-state index contributed by atoms with van der Waals surface area (Å²) in [6, 6.07) is 13.5. The van der Waals surface area contributed by atoms with Crippen molar-refractivity contribution >= 4 is 74.6 Å². The van der Waals surface area contributed by atoms with E-state index in [2.05, 4.69) is 85.0 Å². The van der Waals surface area contributed by atoms with Gasteiger partial charge in [0.15, 0.2) is 0 Å². The van der Waals surface area contributed by atoms with Gasteiger partial charge in [0.05, 0.1) is 0 Å². The van der Waals surface area contributed by atoms with Crippen LogP contribution in [0.4, 0.5) is 5.69 Å². The van der Waals surface area contributed by atoms with Crippen LogP contribution >= 0.6 is 45.2 Å². The van der Waals surface area contributed by atoms with Gasteiger partial charge in [-0.05, 0) is 90.3 Å². The third-order valence-corrected chi connectivity index (χ3v) is 7.19. The van der Waals surface area contributed by atoms with E-state index in [0.29, 0.717) is 5.56 Å². The molecule has 9 nitrogen and oxygen atoms in total. The van der Waals surface area contributed by atoms with E-state index < -0.39 is 47.0 Å². The summed E-state index contributed by atoms with van der Waals surface area (Å²) in [5.41, 5.74) is 2.13. The summed E-state index contributed by atoms with van der Waals surface area (Å²) < 4.78 is 12.9. The molecule has 0 unspecified atom stereocenters. The van der Waals surface area contributed by atoms with E-state index in [1.54, 1.807) is 53.7 Å². The molecule has 44 heavy (non-hydrogen) atoms. The highest BCUT2D eigenvalue weighted by Crippen LogP contribution is 2.24. The minimum absolute atomic E-state index is 0.00670. The minimum atomic E-state index is -1.09. The molecule has 0 aromatic heterocycles. The fourth-order valence-corrected chi connectivity index (χ4v) is 5.34. The number of hydrogen-bond donors (Lipinski definition) is 2. The van der Waals surface area contributed by atoms with Crippen LogP contribution in [0.15, 0.2) is 48.5 Å². The summed E-state index contributed by atoms with van der Waals surface area (Å²) in [5, 5.41) is 5.32. The van der Waals surface area contributed by atoms with Crippen LogP contribution in [0, 0.1) is 0 Å². The number of halogens is 2. The number of amides is 2. The van der Waals surface area contributed by atoms with Crippen molar-refractivity contribution in [1.29, 1.82) is 0 Å². The molecule has 0 spiro atoms. The zero-order valence-corrected chi connectivity index (χ0v) is 31.0. The molecule has 11 heteroatoms. The fraction of sp³-hybridized carbons (Fsp3) is 0.515. The molecule has 0 bridgehead atoms. The van der Waals surface area contributed by atoms with Gasteiger partial charge in [-0.3, -0.25) is 14.4 Å². The van der Waals surface area contributed by atoms with Crippen molar-refractivity contribution in [1.82, 2.24) is 10.6 Å². The van der Waals surface area contributed by atoms with Gasteiger partial charge in [0.1, 0.15) is 23.3 Å². The molecule has 0 fully saturated rings. The molecule has 2 N–H and O–H groups in total. The van der Waals surface area contributed by atoms with E-state index in [4.69, 9.17) is 9.47 Å². The maximum Gasteiger partial charge on any atom is 0.329 e. The summed E-state index contributed by atoms with van der Waals surface area (Å²) in [7, 11) is 0. The molecule has 0 radical (unpaired) electrons. The van der Waals surface area contributed by atoms with Gasteiger partial charge in [0.2, 0.25) is 5.91 Å². The van der Waals surface area contributed by atoms with Gasteiger partial charge >= 0.3 is 11.9 Å². The van der Waals surface area contributed by atoms with Crippen LogP contribution in [0.5, 0.6) is 0 Å². The van der Waals surface area contributed by atoms with Gasteiger partial charge in [0.25, 0.3) is 5.91 Å². The Morgan fingerprint density at radius 2 is 1.27 bits per heavy atom. The van der Waals surface area contributed by atoms with Gasteiger partial charge in [-0.2, -0.15) is 0 Å². The molecule has 2 aromatic carbocycles. The largest absolute Gasteiger partial charge is 0.460 e. The van der Waals surface area contributed by atoms with Crippen LogP contribution in [0.25, 0.3) is 11.1 Å². The highest BCUT2D eigenvalue weighted by Gasteiger charge is 2.30. The Morgan fingerprint density at radius 1 is 0.773 bits per heavy atom. The average molecular weight is 834 g/mol. The van der Waals surface area contributed by atoms with E-state index in [-0.39, 0.29) is 12.8 Å². The molecule has 2 atom stereocenters. The zero-order valence-electron chi connectivity index (χ0n) is 26.7. The Balaban J connectivity index is 2.04. The Hall–Kier alpha value is -2.42. The molecule has 0 heterocycles. The lowest BCUT2D eigenvalue weighted by Crippen LogP contribution is -2.51. The van der Waals surface area contributed by atoms with E-state index >= 15 is 0 Å². The molecule has 2 amide bonds. The Bertz CT molecular complexity index is 1250. The third kappa shape index (κ3) is 13.3. The van der Waals surface area contributed by atoms with Gasteiger partial charge in [-0.25, -0.2) is 4.79 Å². The number of carbonyl (C=O) groups excluding carboxylic acids is 4. The quantitative estimate of drug-likeness (QED) is 0.135. The first-order valence-electron chi connectivity index (χ1n) is 14.7. The number of anilines is 1. The van der Waals surface area contributed by atoms with E-state index in [0.717, 1.165) is 33.1 Å². The van der Waals surface area contributed by atoms with Gasteiger partial charge in [0, 0.05) is 39.6 Å². The molecule has 0 aliphatic carbocycles. The molecule has 0 saturated heterocycles. The summed E-state index contributed by atoms with van der Waals surface area (Å²) in [6.07, 6.45) is -0.0976. The average Bonchev–Trinajstić information content (AvgIpc) is 2.93. The first-order valence-corrected chi connectivity index (χ1v) is 17.7. The second-order valence-electron chi connectivity index (χ2n) is 12.4. The number of carbonyl (C=O) groups is 4. The lowest BCUT2D eigenvalue weighted by Gasteiger charge is -2.26. The molecule has 2 rings (SSSR count). The van der Waals surface area contributed by atoms with Gasteiger partial charge in [-0.1, -0.05) is 69.4 Å². The van der Waals surface area contributed by atoms with Crippen LogP contribution in [0.3, 0.4) is 0 Å². The fourth-order valence-electron chi connectivity index (χ4n) is 4.17. The number of nitrogens with one attached hydrogen (secondary N) is 2. The lowest BCUT2D eigenvalue weighted by molar-refractivity contribution is -0.160. The SMILES string of the molecule is C[C@H](NC(=O)c1ccc(-c2ccc(N(CCI)CCI)cc2)cc1)C(=O)N[C@@H](CCC(=O)OC(C)(C)C)C(=O)OC(C)(C)C. The summed E-state index contributed by atoms with van der Waals surface area (Å²) in [5.74, 6) is -2.16. The molecule has 2 aromatic rings. The summed E-state index contributed by atoms with van der Waals surface area (Å²) in [6.45, 7) is 13.9. The van der Waals surface area contributed by atoms with Crippen molar-refractivity contribution < 1.29 is 28.7 Å². The second-order valence-corrected chi connectivity index (χ2v) is 14.6. The van der Waals surface area contributed by atoms with Crippen LogP contribution in [-0.4, -0.2) is 69.0 Å². The van der Waals surface area contributed by atoms with Crippen LogP contribution < -0.4 is 15.5 Å². The Kier molecular flexibility index (Phi) is 14.9. The molecule has 0 aliphatic rings. The third-order valence-electron chi connectivity index (χ3n) is 6.23. The highest BCUT2D eigenvalue weighted by atomic mass is 127. The van der Waals surface area contributed by atoms with Gasteiger partial charge < -0.3 is 25.0 Å². The van der Waals surface area contributed by atoms with Gasteiger partial charge in [-0.15, -0.1) is 0 Å². The second kappa shape index (κ2) is 17.3. The predicted molar refractivity (Wildman–Crippen MR) is 192 cm³/mol. The molecule has 0 aliphatic heterocycles. The summed E-state index contributed by atoms with van der Waals surface area (Å²) >= 11 is 4.78. The number of rotatable bonds is 14. The van der Waals surface area contributed by atoms with Crippen molar-refractivity contribution in [2.45, 2.75) is 84.6 Å². The summed E-state index contributed by atoms with van der Waals surface area (Å²) in [4.78, 5) is 53.4. The molecular weight excluding hydrogens is 788 g/mol. The molecular formula is C33H45I2N3O6. The lowest BCUT2D eigenvalue weighted by atomic mass is 10.0. The van der Waals surface area contributed by atoms with E-state index in [1.165, 1.54) is 12.6 Å². The molecule has 242 valence electrons. The minimum Gasteiger partial charge on any atom is -0.460 e. The van der Waals surface area contributed by atoms with Crippen LogP contribution in [-0.2, 0) is 23.9 Å². The normalized spacial score (nSPS) is 12.9. The monoisotopic (exact) mass is 833 g/mol. The van der Waals surface area contributed by atoms with Crippen molar-refractivity contribution in [3.8, 4) is 11.1 Å².